The van der Waals surface area contributed by atoms with Gasteiger partial charge in [-0.15, -0.1) is 10.2 Å². The summed E-state index contributed by atoms with van der Waals surface area (Å²) in [4.78, 5) is 29.1. The number of amides is 1. The maximum atomic E-state index is 12.1. The summed E-state index contributed by atoms with van der Waals surface area (Å²) >= 11 is 2.06. The van der Waals surface area contributed by atoms with Crippen molar-refractivity contribution < 1.29 is 19.5 Å². The van der Waals surface area contributed by atoms with Crippen LogP contribution in [0.4, 0.5) is 11.4 Å². The number of carbonyl (C=O) groups excluding carboxylic acids is 2. The number of phenols is 1. The molecule has 140 valence electrons. The number of phenolic OH excluding ortho intramolecular Hbond substituents is 1. The van der Waals surface area contributed by atoms with E-state index in [0.717, 1.165) is 3.57 Å². The molecule has 0 aliphatic carbocycles. The molecule has 7 nitrogen and oxygen atoms in total. The summed E-state index contributed by atoms with van der Waals surface area (Å²) in [6.45, 7) is 0. The molecule has 0 heterocycles. The summed E-state index contributed by atoms with van der Waals surface area (Å²) in [6, 6.07) is 19.6. The molecule has 0 unspecified atom stereocenters. The summed E-state index contributed by atoms with van der Waals surface area (Å²) in [7, 11) is 0. The fourth-order valence-corrected chi connectivity index (χ4v) is 2.80. The van der Waals surface area contributed by atoms with E-state index in [1.54, 1.807) is 48.5 Å². The zero-order valence-corrected chi connectivity index (χ0v) is 16.5. The fourth-order valence-electron chi connectivity index (χ4n) is 2.19. The van der Waals surface area contributed by atoms with Gasteiger partial charge in [-0.1, -0.05) is 24.3 Å². The lowest BCUT2D eigenvalue weighted by molar-refractivity contribution is 0.0595. The minimum atomic E-state index is -0.647. The third-order valence-electron chi connectivity index (χ3n) is 3.61. The summed E-state index contributed by atoms with van der Waals surface area (Å²) in [6.07, 6.45) is 0. The second kappa shape index (κ2) is 9.09. The van der Waals surface area contributed by atoms with Crippen molar-refractivity contribution in [2.75, 3.05) is 5.48 Å². The van der Waals surface area contributed by atoms with E-state index in [1.807, 2.05) is 12.1 Å². The Morgan fingerprint density at radius 2 is 1.54 bits per heavy atom. The molecule has 0 aliphatic rings. The van der Waals surface area contributed by atoms with Crippen molar-refractivity contribution in [3.63, 3.8) is 0 Å². The molecule has 0 aromatic heterocycles. The molecule has 3 aromatic rings. The van der Waals surface area contributed by atoms with E-state index >= 15 is 0 Å². The SMILES string of the molecule is O=C(N=Nc1ccc(NOC(=O)c2ccccc2I)cc1)c1ccccc1O. The van der Waals surface area contributed by atoms with Crippen LogP contribution in [0.1, 0.15) is 20.7 Å². The number of nitrogens with one attached hydrogen (secondary N) is 1. The van der Waals surface area contributed by atoms with Gasteiger partial charge in [-0.3, -0.25) is 4.79 Å². The molecule has 3 rings (SSSR count). The third-order valence-corrected chi connectivity index (χ3v) is 4.55. The number of nitrogens with zero attached hydrogens (tertiary/aromatic N) is 2. The second-order valence-corrected chi connectivity index (χ2v) is 6.70. The van der Waals surface area contributed by atoms with E-state index in [9.17, 15) is 14.7 Å². The normalized spacial score (nSPS) is 10.6. The van der Waals surface area contributed by atoms with Gasteiger partial charge in [0, 0.05) is 3.57 Å². The molecular formula is C20H14IN3O4. The smallest absolute Gasteiger partial charge is 0.363 e. The quantitative estimate of drug-likeness (QED) is 0.296. The van der Waals surface area contributed by atoms with Gasteiger partial charge < -0.3 is 9.94 Å². The number of hydrogen-bond acceptors (Lipinski definition) is 6. The van der Waals surface area contributed by atoms with Crippen molar-refractivity contribution in [2.24, 2.45) is 10.2 Å². The number of benzene rings is 3. The highest BCUT2D eigenvalue weighted by atomic mass is 127. The minimum absolute atomic E-state index is 0.0759. The van der Waals surface area contributed by atoms with Crippen LogP contribution in [0, 0.1) is 3.57 Å². The Labute approximate surface area is 174 Å². The molecule has 3 aromatic carbocycles. The van der Waals surface area contributed by atoms with Gasteiger partial charge in [-0.2, -0.15) is 0 Å². The molecular weight excluding hydrogens is 473 g/mol. The average Bonchev–Trinajstić information content (AvgIpc) is 2.71. The van der Waals surface area contributed by atoms with E-state index in [0.29, 0.717) is 16.9 Å². The number of hydrogen-bond donors (Lipinski definition) is 2. The minimum Gasteiger partial charge on any atom is -0.507 e. The molecule has 0 atom stereocenters. The lowest BCUT2D eigenvalue weighted by atomic mass is 10.2. The van der Waals surface area contributed by atoms with E-state index in [2.05, 4.69) is 38.3 Å². The molecule has 0 saturated heterocycles. The van der Waals surface area contributed by atoms with Crippen LogP contribution >= 0.6 is 22.6 Å². The van der Waals surface area contributed by atoms with Crippen LogP contribution in [-0.2, 0) is 4.84 Å². The molecule has 0 spiro atoms. The van der Waals surface area contributed by atoms with Gasteiger partial charge in [0.15, 0.2) is 0 Å². The van der Waals surface area contributed by atoms with Crippen molar-refractivity contribution in [1.82, 2.24) is 0 Å². The van der Waals surface area contributed by atoms with E-state index < -0.39 is 11.9 Å². The summed E-state index contributed by atoms with van der Waals surface area (Å²) < 4.78 is 0.789. The van der Waals surface area contributed by atoms with Crippen LogP contribution in [0.15, 0.2) is 83.0 Å². The van der Waals surface area contributed by atoms with Crippen LogP contribution in [0.25, 0.3) is 0 Å². The van der Waals surface area contributed by atoms with Gasteiger partial charge in [-0.25, -0.2) is 10.3 Å². The summed E-state index contributed by atoms with van der Waals surface area (Å²) in [5.41, 5.74) is 4.07. The monoisotopic (exact) mass is 487 g/mol. The Balaban J connectivity index is 1.59. The largest absolute Gasteiger partial charge is 0.507 e. The van der Waals surface area contributed by atoms with Crippen LogP contribution in [0.5, 0.6) is 5.75 Å². The van der Waals surface area contributed by atoms with Crippen LogP contribution < -0.4 is 5.48 Å². The van der Waals surface area contributed by atoms with Crippen molar-refractivity contribution in [3.8, 4) is 5.75 Å². The van der Waals surface area contributed by atoms with Crippen molar-refractivity contribution in [1.29, 1.82) is 0 Å². The first-order valence-corrected chi connectivity index (χ1v) is 9.18. The maximum absolute atomic E-state index is 12.1. The molecule has 1 amide bonds. The van der Waals surface area contributed by atoms with Crippen molar-refractivity contribution >= 4 is 45.8 Å². The van der Waals surface area contributed by atoms with Gasteiger partial charge in [0.1, 0.15) is 5.75 Å². The van der Waals surface area contributed by atoms with Crippen LogP contribution in [0.2, 0.25) is 0 Å². The number of rotatable bonds is 5. The predicted octanol–water partition coefficient (Wildman–Crippen LogP) is 5.10. The van der Waals surface area contributed by atoms with Gasteiger partial charge in [0.25, 0.3) is 5.91 Å². The molecule has 0 aliphatic heterocycles. The maximum Gasteiger partial charge on any atom is 0.363 e. The Bertz CT molecular complexity index is 1040. The lowest BCUT2D eigenvalue weighted by Crippen LogP contribution is -2.11. The molecule has 0 radical (unpaired) electrons. The van der Waals surface area contributed by atoms with E-state index in [1.165, 1.54) is 12.1 Å². The highest BCUT2D eigenvalue weighted by molar-refractivity contribution is 14.1. The first-order valence-electron chi connectivity index (χ1n) is 8.10. The number of azo groups is 1. The number of anilines is 1. The third kappa shape index (κ3) is 4.92. The predicted molar refractivity (Wildman–Crippen MR) is 112 cm³/mol. The number of carbonyl (C=O) groups is 2. The Morgan fingerprint density at radius 1 is 0.893 bits per heavy atom. The first kappa shape index (κ1) is 19.5. The van der Waals surface area contributed by atoms with Crippen LogP contribution in [0.3, 0.4) is 0 Å². The molecule has 8 heteroatoms. The summed E-state index contributed by atoms with van der Waals surface area (Å²) in [5, 5.41) is 17.1. The van der Waals surface area contributed by atoms with E-state index in [-0.39, 0.29) is 11.3 Å². The summed E-state index contributed by atoms with van der Waals surface area (Å²) in [5.74, 6) is -1.30. The van der Waals surface area contributed by atoms with Gasteiger partial charge >= 0.3 is 5.97 Å². The van der Waals surface area contributed by atoms with Gasteiger partial charge in [0.05, 0.1) is 22.5 Å². The zero-order chi connectivity index (χ0) is 19.9. The standard InChI is InChI=1S/C20H14IN3O4/c21-17-7-3-1-5-15(17)20(27)28-24-14-11-9-13(10-12-14)22-23-19(26)16-6-2-4-8-18(16)25/h1-12,24-25H. The van der Waals surface area contributed by atoms with Crippen molar-refractivity contribution in [3.05, 3.63) is 87.5 Å². The Kier molecular flexibility index (Phi) is 6.33. The highest BCUT2D eigenvalue weighted by Crippen LogP contribution is 2.20. The molecule has 0 fully saturated rings. The average molecular weight is 487 g/mol. The molecule has 2 N–H and O–H groups in total. The lowest BCUT2D eigenvalue weighted by Gasteiger charge is -2.07. The first-order chi connectivity index (χ1) is 13.5. The topological polar surface area (TPSA) is 100 Å². The zero-order valence-electron chi connectivity index (χ0n) is 14.4. The Hall–Kier alpha value is -3.27. The Morgan fingerprint density at radius 3 is 2.21 bits per heavy atom. The van der Waals surface area contributed by atoms with Gasteiger partial charge in [-0.05, 0) is 71.1 Å². The number of aromatic hydroxyl groups is 1. The molecule has 0 bridgehead atoms. The highest BCUT2D eigenvalue weighted by Gasteiger charge is 2.11. The fraction of sp³-hybridized carbons (Fsp3) is 0. The van der Waals surface area contributed by atoms with Crippen LogP contribution in [-0.4, -0.2) is 17.0 Å². The van der Waals surface area contributed by atoms with Gasteiger partial charge in [0.2, 0.25) is 0 Å². The van der Waals surface area contributed by atoms with E-state index in [4.69, 9.17) is 4.84 Å². The molecule has 28 heavy (non-hydrogen) atoms. The van der Waals surface area contributed by atoms with Crippen molar-refractivity contribution in [2.45, 2.75) is 0 Å². The number of halogens is 1. The molecule has 0 saturated carbocycles. The number of para-hydroxylation sites is 1. The second-order valence-electron chi connectivity index (χ2n) is 5.54.